The van der Waals surface area contributed by atoms with Gasteiger partial charge in [-0.1, -0.05) is 12.1 Å². The maximum absolute atomic E-state index is 12.5. The molecule has 0 saturated heterocycles. The molecule has 0 unspecified atom stereocenters. The van der Waals surface area contributed by atoms with Gasteiger partial charge >= 0.3 is 0 Å². The first-order valence-electron chi connectivity index (χ1n) is 10.8. The number of anilines is 3. The molecule has 0 aliphatic rings. The number of aromatic nitrogens is 1. The van der Waals surface area contributed by atoms with Gasteiger partial charge in [-0.3, -0.25) is 18.8 Å². The fourth-order valence-corrected chi connectivity index (χ4v) is 5.47. The highest BCUT2D eigenvalue weighted by Gasteiger charge is 2.20. The highest BCUT2D eigenvalue weighted by molar-refractivity contribution is 7.92. The number of hydrogen-bond acceptors (Lipinski definition) is 6. The van der Waals surface area contributed by atoms with E-state index in [0.29, 0.717) is 23.5 Å². The zero-order valence-corrected chi connectivity index (χ0v) is 21.4. The molecule has 0 aliphatic carbocycles. The normalized spacial score (nSPS) is 11.6. The number of benzene rings is 2. The Hall–Kier alpha value is -3.44. The Labute approximate surface area is 206 Å². The fraction of sp³-hybridized carbons (Fsp3) is 0.250. The minimum atomic E-state index is -3.79. The van der Waals surface area contributed by atoms with E-state index in [-0.39, 0.29) is 23.8 Å². The Balaban J connectivity index is 1.59. The second-order valence-corrected chi connectivity index (χ2v) is 11.7. The number of carbonyl (C=O) groups excluding carboxylic acids is 1. The lowest BCUT2D eigenvalue weighted by atomic mass is 10.1. The Morgan fingerprint density at radius 3 is 2.31 bits per heavy atom. The van der Waals surface area contributed by atoms with Crippen LogP contribution in [0.4, 0.5) is 17.1 Å². The van der Waals surface area contributed by atoms with Crippen molar-refractivity contribution in [3.8, 4) is 0 Å². The molecule has 3 aromatic rings. The van der Waals surface area contributed by atoms with Gasteiger partial charge in [0.05, 0.1) is 28.7 Å². The first-order valence-corrected chi connectivity index (χ1v) is 14.2. The van der Waals surface area contributed by atoms with E-state index in [1.54, 1.807) is 12.1 Å². The second-order valence-electron chi connectivity index (χ2n) is 8.15. The largest absolute Gasteiger partial charge is 0.326 e. The van der Waals surface area contributed by atoms with Crippen molar-refractivity contribution in [2.75, 3.05) is 27.1 Å². The number of amides is 1. The minimum Gasteiger partial charge on any atom is -0.326 e. The van der Waals surface area contributed by atoms with Gasteiger partial charge in [-0.05, 0) is 73.9 Å². The first-order chi connectivity index (χ1) is 16.5. The smallest absolute Gasteiger partial charge is 0.261 e. The van der Waals surface area contributed by atoms with Gasteiger partial charge in [-0.2, -0.15) is 0 Å². The average molecular weight is 517 g/mol. The molecular weight excluding hydrogens is 488 g/mol. The minimum absolute atomic E-state index is 0.0386. The third-order valence-corrected chi connectivity index (χ3v) is 7.74. The first kappa shape index (κ1) is 26.2. The summed E-state index contributed by atoms with van der Waals surface area (Å²) in [6.07, 6.45) is 4.50. The second kappa shape index (κ2) is 10.9. The van der Waals surface area contributed by atoms with Gasteiger partial charge < -0.3 is 5.32 Å². The third-order valence-electron chi connectivity index (χ3n) is 5.16. The van der Waals surface area contributed by atoms with Crippen LogP contribution in [-0.2, 0) is 24.8 Å². The van der Waals surface area contributed by atoms with E-state index in [0.717, 1.165) is 17.4 Å². The molecule has 0 spiro atoms. The van der Waals surface area contributed by atoms with E-state index in [9.17, 15) is 21.6 Å². The molecule has 1 aromatic heterocycles. The van der Waals surface area contributed by atoms with Crippen LogP contribution in [0.3, 0.4) is 0 Å². The predicted molar refractivity (Wildman–Crippen MR) is 137 cm³/mol. The van der Waals surface area contributed by atoms with Crippen LogP contribution < -0.4 is 14.3 Å². The van der Waals surface area contributed by atoms with Crippen LogP contribution in [0.25, 0.3) is 0 Å². The zero-order valence-electron chi connectivity index (χ0n) is 19.7. The summed E-state index contributed by atoms with van der Waals surface area (Å²) in [6.45, 7) is 3.89. The summed E-state index contributed by atoms with van der Waals surface area (Å²) in [7, 11) is -7.32. The van der Waals surface area contributed by atoms with E-state index in [4.69, 9.17) is 0 Å². The number of nitrogens with one attached hydrogen (secondary N) is 2. The molecule has 0 atom stereocenters. The molecule has 35 heavy (non-hydrogen) atoms. The standard InChI is InChI=1S/C24H28N4O5S2/c1-18-8-9-19(2)23(16-18)28(34(3,30)31)15-5-7-24(29)26-20-10-12-22(13-11-20)35(32,33)27-21-6-4-14-25-17-21/h4,6,8-14,16-17,27H,5,7,15H2,1-3H3,(H,26,29). The van der Waals surface area contributed by atoms with Gasteiger partial charge in [0.2, 0.25) is 15.9 Å². The number of hydrogen-bond donors (Lipinski definition) is 2. The van der Waals surface area contributed by atoms with Crippen molar-refractivity contribution in [3.63, 3.8) is 0 Å². The third kappa shape index (κ3) is 7.27. The topological polar surface area (TPSA) is 126 Å². The summed E-state index contributed by atoms with van der Waals surface area (Å²) in [5, 5.41) is 2.71. The van der Waals surface area contributed by atoms with Crippen LogP contribution in [0, 0.1) is 13.8 Å². The molecule has 2 aromatic carbocycles. The molecule has 3 rings (SSSR count). The molecule has 0 aliphatic heterocycles. The fourth-order valence-electron chi connectivity index (χ4n) is 3.41. The lowest BCUT2D eigenvalue weighted by molar-refractivity contribution is -0.116. The lowest BCUT2D eigenvalue weighted by Gasteiger charge is -2.24. The van der Waals surface area contributed by atoms with Crippen molar-refractivity contribution >= 4 is 43.0 Å². The molecule has 9 nitrogen and oxygen atoms in total. The summed E-state index contributed by atoms with van der Waals surface area (Å²) in [5.74, 6) is -0.302. The summed E-state index contributed by atoms with van der Waals surface area (Å²) in [4.78, 5) is 16.3. The molecule has 2 N–H and O–H groups in total. The van der Waals surface area contributed by atoms with Gasteiger partial charge in [0.25, 0.3) is 10.0 Å². The van der Waals surface area contributed by atoms with Crippen molar-refractivity contribution in [3.05, 3.63) is 78.1 Å². The van der Waals surface area contributed by atoms with Crippen LogP contribution in [0.2, 0.25) is 0 Å². The highest BCUT2D eigenvalue weighted by Crippen LogP contribution is 2.24. The van der Waals surface area contributed by atoms with Gasteiger partial charge in [-0.25, -0.2) is 16.8 Å². The lowest BCUT2D eigenvalue weighted by Crippen LogP contribution is -2.32. The molecule has 0 saturated carbocycles. The maximum atomic E-state index is 12.5. The summed E-state index contributed by atoms with van der Waals surface area (Å²) in [6, 6.07) is 14.6. The maximum Gasteiger partial charge on any atom is 0.261 e. The predicted octanol–water partition coefficient (Wildman–Crippen LogP) is 3.68. The van der Waals surface area contributed by atoms with Crippen molar-refractivity contribution in [1.29, 1.82) is 0 Å². The SMILES string of the molecule is Cc1ccc(C)c(N(CCCC(=O)Nc2ccc(S(=O)(=O)Nc3cccnc3)cc2)S(C)(=O)=O)c1. The van der Waals surface area contributed by atoms with E-state index in [1.807, 2.05) is 32.0 Å². The van der Waals surface area contributed by atoms with Gasteiger partial charge in [-0.15, -0.1) is 0 Å². The van der Waals surface area contributed by atoms with E-state index in [1.165, 1.54) is 41.0 Å². The monoisotopic (exact) mass is 516 g/mol. The molecule has 0 bridgehead atoms. The van der Waals surface area contributed by atoms with Crippen LogP contribution in [0.15, 0.2) is 71.9 Å². The van der Waals surface area contributed by atoms with Gasteiger partial charge in [0.1, 0.15) is 0 Å². The van der Waals surface area contributed by atoms with Crippen LogP contribution in [0.5, 0.6) is 0 Å². The summed E-state index contributed by atoms with van der Waals surface area (Å²) in [5.41, 5.74) is 3.15. The van der Waals surface area contributed by atoms with Crippen LogP contribution in [-0.4, -0.2) is 40.5 Å². The molecule has 186 valence electrons. The Kier molecular flexibility index (Phi) is 8.13. The number of rotatable bonds is 10. The van der Waals surface area contributed by atoms with Crippen molar-refractivity contribution in [2.45, 2.75) is 31.6 Å². The number of pyridine rings is 1. The molecule has 11 heteroatoms. The molecule has 0 fully saturated rings. The van der Waals surface area contributed by atoms with Crippen molar-refractivity contribution < 1.29 is 21.6 Å². The summed E-state index contributed by atoms with van der Waals surface area (Å²) >= 11 is 0. The molecule has 1 amide bonds. The Morgan fingerprint density at radius 1 is 0.971 bits per heavy atom. The summed E-state index contributed by atoms with van der Waals surface area (Å²) < 4.78 is 53.5. The van der Waals surface area contributed by atoms with Crippen molar-refractivity contribution in [2.24, 2.45) is 0 Å². The van der Waals surface area contributed by atoms with E-state index >= 15 is 0 Å². The van der Waals surface area contributed by atoms with Crippen LogP contribution >= 0.6 is 0 Å². The quantitative estimate of drug-likeness (QED) is 0.423. The number of aryl methyl sites for hydroxylation is 2. The van der Waals surface area contributed by atoms with Gasteiger partial charge in [0.15, 0.2) is 0 Å². The van der Waals surface area contributed by atoms with Crippen LogP contribution in [0.1, 0.15) is 24.0 Å². The number of carbonyl (C=O) groups is 1. The number of sulfonamides is 2. The van der Waals surface area contributed by atoms with Crippen molar-refractivity contribution in [1.82, 2.24) is 4.98 Å². The zero-order chi connectivity index (χ0) is 25.6. The Morgan fingerprint density at radius 2 is 1.69 bits per heavy atom. The molecule has 0 radical (unpaired) electrons. The highest BCUT2D eigenvalue weighted by atomic mass is 32.2. The molecular formula is C24H28N4O5S2. The molecule has 1 heterocycles. The average Bonchev–Trinajstić information content (AvgIpc) is 2.78. The van der Waals surface area contributed by atoms with E-state index in [2.05, 4.69) is 15.0 Å². The van der Waals surface area contributed by atoms with E-state index < -0.39 is 20.0 Å². The van der Waals surface area contributed by atoms with Gasteiger partial charge in [0, 0.05) is 24.8 Å². The Bertz CT molecular complexity index is 1390. The number of nitrogens with zero attached hydrogens (tertiary/aromatic N) is 2.